The number of anilines is 1. The molecule has 7 nitrogen and oxygen atoms in total. The van der Waals surface area contributed by atoms with E-state index in [2.05, 4.69) is 25.6 Å². The van der Waals surface area contributed by atoms with Crippen LogP contribution in [0.4, 0.5) is 5.82 Å². The maximum absolute atomic E-state index is 11.0. The molecule has 2 aromatic heterocycles. The van der Waals surface area contributed by atoms with Crippen LogP contribution in [-0.4, -0.2) is 50.8 Å². The maximum Gasteiger partial charge on any atom is 0.146 e. The molecule has 1 fully saturated rings. The Bertz CT molecular complexity index is 1260. The number of ether oxygens (including phenoxy) is 1. The fraction of sp³-hybridized carbons (Fsp3) is 0.333. The van der Waals surface area contributed by atoms with E-state index < -0.39 is 5.60 Å². The van der Waals surface area contributed by atoms with E-state index in [1.165, 1.54) is 6.33 Å². The van der Waals surface area contributed by atoms with Gasteiger partial charge in [0, 0.05) is 24.3 Å². The lowest BCUT2D eigenvalue weighted by molar-refractivity contribution is -0.0256. The first-order chi connectivity index (χ1) is 16.4. The predicted octanol–water partition coefficient (Wildman–Crippen LogP) is 4.88. The van der Waals surface area contributed by atoms with Gasteiger partial charge in [0.1, 0.15) is 29.3 Å². The summed E-state index contributed by atoms with van der Waals surface area (Å²) in [5, 5.41) is 11.8. The number of nitrogens with two attached hydrogens (primary N) is 1. The molecule has 7 heteroatoms. The largest absolute Gasteiger partial charge is 0.457 e. The highest BCUT2D eigenvalue weighted by Gasteiger charge is 2.35. The fourth-order valence-electron chi connectivity index (χ4n) is 5.10. The first-order valence-corrected chi connectivity index (χ1v) is 11.7. The highest BCUT2D eigenvalue weighted by Crippen LogP contribution is 2.41. The number of nitrogen functional groups attached to an aromatic ring is 1. The van der Waals surface area contributed by atoms with E-state index in [1.54, 1.807) is 0 Å². The Morgan fingerprint density at radius 3 is 2.38 bits per heavy atom. The van der Waals surface area contributed by atoms with Gasteiger partial charge in [-0.1, -0.05) is 30.3 Å². The van der Waals surface area contributed by atoms with Gasteiger partial charge in [0.05, 0.1) is 11.0 Å². The van der Waals surface area contributed by atoms with Gasteiger partial charge in [-0.05, 0) is 69.6 Å². The number of aliphatic hydroxyl groups is 1. The van der Waals surface area contributed by atoms with Crippen molar-refractivity contribution in [2.45, 2.75) is 37.3 Å². The standard InChI is InChI=1S/C27H31N5O2/c1-31(2)17-27(33)14-12-20(13-15-27)32-16-23(24-25(28)29-18-30-26(24)32)19-8-10-22(11-9-19)34-21-6-4-3-5-7-21/h3-11,16,18,20,33H,12-15,17H2,1-2H3,(H2,28,29,30)/t20-,27+. The van der Waals surface area contributed by atoms with Crippen molar-refractivity contribution in [3.63, 3.8) is 0 Å². The van der Waals surface area contributed by atoms with Crippen molar-refractivity contribution >= 4 is 16.9 Å². The van der Waals surface area contributed by atoms with Crippen molar-refractivity contribution in [2.75, 3.05) is 26.4 Å². The van der Waals surface area contributed by atoms with Crippen LogP contribution < -0.4 is 10.5 Å². The number of hydrogen-bond acceptors (Lipinski definition) is 6. The highest BCUT2D eigenvalue weighted by molar-refractivity contribution is 6.00. The lowest BCUT2D eigenvalue weighted by Gasteiger charge is -2.38. The van der Waals surface area contributed by atoms with Crippen LogP contribution in [0.1, 0.15) is 31.7 Å². The molecule has 176 valence electrons. The van der Waals surface area contributed by atoms with Gasteiger partial charge in [-0.3, -0.25) is 0 Å². The molecular formula is C27H31N5O2. The van der Waals surface area contributed by atoms with Gasteiger partial charge in [0.2, 0.25) is 0 Å². The average molecular weight is 458 g/mol. The maximum atomic E-state index is 11.0. The van der Waals surface area contributed by atoms with Gasteiger partial charge in [0.25, 0.3) is 0 Å². The second-order valence-corrected chi connectivity index (χ2v) is 9.54. The lowest BCUT2D eigenvalue weighted by Crippen LogP contribution is -2.43. The molecule has 0 saturated heterocycles. The summed E-state index contributed by atoms with van der Waals surface area (Å²) in [5.74, 6) is 2.05. The molecule has 0 spiro atoms. The van der Waals surface area contributed by atoms with E-state index in [0.29, 0.717) is 12.4 Å². The van der Waals surface area contributed by atoms with Gasteiger partial charge >= 0.3 is 0 Å². The van der Waals surface area contributed by atoms with Crippen molar-refractivity contribution in [1.82, 2.24) is 19.4 Å². The molecule has 0 unspecified atom stereocenters. The minimum atomic E-state index is -0.631. The number of benzene rings is 2. The molecular weight excluding hydrogens is 426 g/mol. The van der Waals surface area contributed by atoms with E-state index in [-0.39, 0.29) is 6.04 Å². The van der Waals surface area contributed by atoms with Crippen LogP contribution in [0.25, 0.3) is 22.2 Å². The number of hydrogen-bond donors (Lipinski definition) is 2. The van der Waals surface area contributed by atoms with Crippen molar-refractivity contribution in [3.8, 4) is 22.6 Å². The number of likely N-dealkylation sites (N-methyl/N-ethyl adjacent to an activating group) is 1. The zero-order chi connectivity index (χ0) is 23.7. The molecule has 0 atom stereocenters. The molecule has 2 heterocycles. The highest BCUT2D eigenvalue weighted by atomic mass is 16.5. The third-order valence-corrected chi connectivity index (χ3v) is 6.67. The van der Waals surface area contributed by atoms with Gasteiger partial charge in [-0.15, -0.1) is 0 Å². The minimum absolute atomic E-state index is 0.258. The number of nitrogens with zero attached hydrogens (tertiary/aromatic N) is 4. The summed E-state index contributed by atoms with van der Waals surface area (Å²) >= 11 is 0. The second-order valence-electron chi connectivity index (χ2n) is 9.54. The third kappa shape index (κ3) is 4.49. The Morgan fingerprint density at radius 2 is 1.71 bits per heavy atom. The predicted molar refractivity (Wildman–Crippen MR) is 135 cm³/mol. The van der Waals surface area contributed by atoms with Crippen LogP contribution >= 0.6 is 0 Å². The smallest absolute Gasteiger partial charge is 0.146 e. The summed E-state index contributed by atoms with van der Waals surface area (Å²) in [7, 11) is 4.01. The molecule has 0 amide bonds. The van der Waals surface area contributed by atoms with Crippen LogP contribution in [0.2, 0.25) is 0 Å². The molecule has 34 heavy (non-hydrogen) atoms. The molecule has 5 rings (SSSR count). The second kappa shape index (κ2) is 9.08. The molecule has 2 aromatic carbocycles. The molecule has 3 N–H and O–H groups in total. The zero-order valence-corrected chi connectivity index (χ0v) is 19.7. The Labute approximate surface area is 199 Å². The number of rotatable bonds is 6. The van der Waals surface area contributed by atoms with Crippen LogP contribution in [0.15, 0.2) is 67.1 Å². The Kier molecular flexibility index (Phi) is 5.98. The monoisotopic (exact) mass is 457 g/mol. The van der Waals surface area contributed by atoms with Gasteiger partial charge in [-0.2, -0.15) is 0 Å². The number of aromatic nitrogens is 3. The summed E-state index contributed by atoms with van der Waals surface area (Å²) < 4.78 is 8.17. The molecule has 1 aliphatic carbocycles. The van der Waals surface area contributed by atoms with E-state index >= 15 is 0 Å². The average Bonchev–Trinajstić information content (AvgIpc) is 3.21. The zero-order valence-electron chi connectivity index (χ0n) is 19.7. The van der Waals surface area contributed by atoms with E-state index in [4.69, 9.17) is 10.5 Å². The van der Waals surface area contributed by atoms with Gasteiger partial charge < -0.3 is 25.0 Å². The van der Waals surface area contributed by atoms with E-state index in [0.717, 1.165) is 59.3 Å². The normalized spacial score (nSPS) is 20.6. The van der Waals surface area contributed by atoms with E-state index in [1.807, 2.05) is 68.7 Å². The fourth-order valence-corrected chi connectivity index (χ4v) is 5.10. The van der Waals surface area contributed by atoms with Crippen molar-refractivity contribution in [2.24, 2.45) is 0 Å². The van der Waals surface area contributed by atoms with Crippen molar-refractivity contribution in [3.05, 3.63) is 67.1 Å². The Morgan fingerprint density at radius 1 is 1.03 bits per heavy atom. The van der Waals surface area contributed by atoms with Gasteiger partial charge in [-0.25, -0.2) is 9.97 Å². The first kappa shape index (κ1) is 22.4. The topological polar surface area (TPSA) is 89.4 Å². The third-order valence-electron chi connectivity index (χ3n) is 6.67. The quantitative estimate of drug-likeness (QED) is 0.429. The van der Waals surface area contributed by atoms with Crippen LogP contribution in [0.3, 0.4) is 0 Å². The van der Waals surface area contributed by atoms with Crippen molar-refractivity contribution in [1.29, 1.82) is 0 Å². The van der Waals surface area contributed by atoms with Gasteiger partial charge in [0.15, 0.2) is 0 Å². The van der Waals surface area contributed by atoms with Crippen LogP contribution in [0, 0.1) is 0 Å². The molecule has 0 aliphatic heterocycles. The molecule has 4 aromatic rings. The first-order valence-electron chi connectivity index (χ1n) is 11.7. The summed E-state index contributed by atoms with van der Waals surface area (Å²) in [4.78, 5) is 10.9. The minimum Gasteiger partial charge on any atom is -0.457 e. The Hall–Kier alpha value is -3.42. The number of para-hydroxylation sites is 1. The summed E-state index contributed by atoms with van der Waals surface area (Å²) in [6.07, 6.45) is 6.97. The van der Waals surface area contributed by atoms with Crippen LogP contribution in [-0.2, 0) is 0 Å². The number of fused-ring (bicyclic) bond motifs is 1. The summed E-state index contributed by atoms with van der Waals surface area (Å²) in [6, 6.07) is 18.0. The lowest BCUT2D eigenvalue weighted by atomic mass is 9.82. The summed E-state index contributed by atoms with van der Waals surface area (Å²) in [6.45, 7) is 0.684. The van der Waals surface area contributed by atoms with Crippen LogP contribution in [0.5, 0.6) is 11.5 Å². The SMILES string of the molecule is CN(C)C[C@]1(O)CC[C@@H](n2cc(-c3ccc(Oc4ccccc4)cc3)c3c(N)ncnc32)CC1. The van der Waals surface area contributed by atoms with E-state index in [9.17, 15) is 5.11 Å². The Balaban J connectivity index is 1.44. The molecule has 1 aliphatic rings. The summed E-state index contributed by atoms with van der Waals surface area (Å²) in [5.41, 5.74) is 8.59. The molecule has 0 radical (unpaired) electrons. The molecule has 0 bridgehead atoms. The molecule has 1 saturated carbocycles. The van der Waals surface area contributed by atoms with Crippen molar-refractivity contribution < 1.29 is 9.84 Å².